The Hall–Kier alpha value is -0.590. The second-order valence-electron chi connectivity index (χ2n) is 3.74. The molecule has 0 fully saturated rings. The van der Waals surface area contributed by atoms with E-state index in [0.717, 1.165) is 20.4 Å². The van der Waals surface area contributed by atoms with Crippen LogP contribution in [0.1, 0.15) is 17.8 Å². The van der Waals surface area contributed by atoms with Gasteiger partial charge in [0.25, 0.3) is 0 Å². The molecule has 0 aliphatic heterocycles. The van der Waals surface area contributed by atoms with Crippen LogP contribution in [0.3, 0.4) is 0 Å². The number of methoxy groups -OCH3 is 1. The van der Waals surface area contributed by atoms with E-state index in [4.69, 9.17) is 4.74 Å². The van der Waals surface area contributed by atoms with Crippen molar-refractivity contribution in [3.05, 3.63) is 37.7 Å². The molecule has 0 saturated heterocycles. The third-order valence-corrected chi connectivity index (χ3v) is 4.73. The van der Waals surface area contributed by atoms with Crippen LogP contribution in [0.25, 0.3) is 0 Å². The average molecular weight is 392 g/mol. The molecule has 1 heterocycles. The number of halogens is 2. The highest BCUT2D eigenvalue weighted by molar-refractivity contribution is 9.11. The van der Waals surface area contributed by atoms with Gasteiger partial charge in [0.1, 0.15) is 5.75 Å². The fraction of sp³-hybridized carbons (Fsp3) is 0.250. The standard InChI is InChI=1S/C12H12Br2N2OS/c1-7(12-5-15-6-18-12)16-10-4-11(17-2)9(14)3-8(10)13/h3-7,16H,1-2H3. The molecule has 0 saturated carbocycles. The average Bonchev–Trinajstić information content (AvgIpc) is 2.86. The Morgan fingerprint density at radius 1 is 1.33 bits per heavy atom. The number of anilines is 1. The fourth-order valence-electron chi connectivity index (χ4n) is 1.54. The second kappa shape index (κ2) is 6.04. The topological polar surface area (TPSA) is 34.1 Å². The third kappa shape index (κ3) is 3.05. The number of nitrogens with zero attached hydrogens (tertiary/aromatic N) is 1. The van der Waals surface area contributed by atoms with Gasteiger partial charge in [0.15, 0.2) is 0 Å². The van der Waals surface area contributed by atoms with E-state index in [9.17, 15) is 0 Å². The van der Waals surface area contributed by atoms with Gasteiger partial charge in [0.05, 0.1) is 28.8 Å². The second-order valence-corrected chi connectivity index (χ2v) is 6.36. The Labute approximate surface area is 127 Å². The normalized spacial score (nSPS) is 12.2. The summed E-state index contributed by atoms with van der Waals surface area (Å²) in [6, 6.07) is 4.14. The van der Waals surface area contributed by atoms with E-state index in [1.165, 1.54) is 4.88 Å². The van der Waals surface area contributed by atoms with Crippen LogP contribution in [0, 0.1) is 0 Å². The van der Waals surface area contributed by atoms with Gasteiger partial charge < -0.3 is 10.1 Å². The summed E-state index contributed by atoms with van der Waals surface area (Å²) in [5, 5.41) is 3.44. The molecule has 3 nitrogen and oxygen atoms in total. The van der Waals surface area contributed by atoms with Gasteiger partial charge in [-0.15, -0.1) is 11.3 Å². The molecular formula is C12H12Br2N2OS. The van der Waals surface area contributed by atoms with Crippen LogP contribution >= 0.6 is 43.2 Å². The Balaban J connectivity index is 2.23. The molecule has 1 aromatic carbocycles. The highest BCUT2D eigenvalue weighted by atomic mass is 79.9. The van der Waals surface area contributed by atoms with E-state index >= 15 is 0 Å². The number of hydrogen-bond acceptors (Lipinski definition) is 4. The monoisotopic (exact) mass is 390 g/mol. The van der Waals surface area contributed by atoms with Crippen molar-refractivity contribution in [2.45, 2.75) is 13.0 Å². The van der Waals surface area contributed by atoms with Crippen molar-refractivity contribution in [1.82, 2.24) is 4.98 Å². The summed E-state index contributed by atoms with van der Waals surface area (Å²) in [5.74, 6) is 0.803. The van der Waals surface area contributed by atoms with Gasteiger partial charge in [0.2, 0.25) is 0 Å². The number of thiazole rings is 1. The Morgan fingerprint density at radius 3 is 2.72 bits per heavy atom. The molecular weight excluding hydrogens is 380 g/mol. The first-order valence-corrected chi connectivity index (χ1v) is 7.76. The number of ether oxygens (including phenoxy) is 1. The van der Waals surface area contributed by atoms with E-state index < -0.39 is 0 Å². The van der Waals surface area contributed by atoms with Crippen molar-refractivity contribution in [2.24, 2.45) is 0 Å². The van der Waals surface area contributed by atoms with Gasteiger partial charge in [0, 0.05) is 21.6 Å². The first-order valence-electron chi connectivity index (χ1n) is 5.29. The van der Waals surface area contributed by atoms with Gasteiger partial charge in [-0.05, 0) is 44.8 Å². The summed E-state index contributed by atoms with van der Waals surface area (Å²) in [5.41, 5.74) is 2.83. The molecule has 1 atom stereocenters. The first-order chi connectivity index (χ1) is 8.61. The SMILES string of the molecule is COc1cc(NC(C)c2cncs2)c(Br)cc1Br. The number of aromatic nitrogens is 1. The summed E-state index contributed by atoms with van der Waals surface area (Å²) in [6.07, 6.45) is 1.88. The van der Waals surface area contributed by atoms with Crippen LogP contribution in [-0.4, -0.2) is 12.1 Å². The molecule has 0 aliphatic carbocycles. The predicted octanol–water partition coefficient (Wildman–Crippen LogP) is 4.85. The van der Waals surface area contributed by atoms with Crippen molar-refractivity contribution in [3.63, 3.8) is 0 Å². The smallest absolute Gasteiger partial charge is 0.135 e. The van der Waals surface area contributed by atoms with Crippen LogP contribution in [0.2, 0.25) is 0 Å². The highest BCUT2D eigenvalue weighted by Crippen LogP contribution is 2.36. The number of rotatable bonds is 4. The fourth-order valence-corrected chi connectivity index (χ4v) is 3.44. The molecule has 2 aromatic rings. The predicted molar refractivity (Wildman–Crippen MR) is 82.5 cm³/mol. The maximum atomic E-state index is 5.30. The van der Waals surface area contributed by atoms with Crippen molar-refractivity contribution in [1.29, 1.82) is 0 Å². The van der Waals surface area contributed by atoms with Crippen molar-refractivity contribution in [3.8, 4) is 5.75 Å². The molecule has 0 aliphatic rings. The van der Waals surface area contributed by atoms with Crippen LogP contribution < -0.4 is 10.1 Å². The van der Waals surface area contributed by atoms with Crippen LogP contribution in [0.5, 0.6) is 5.75 Å². The lowest BCUT2D eigenvalue weighted by molar-refractivity contribution is 0.412. The summed E-state index contributed by atoms with van der Waals surface area (Å²) >= 11 is 8.64. The van der Waals surface area contributed by atoms with Crippen molar-refractivity contribution >= 4 is 48.9 Å². The van der Waals surface area contributed by atoms with E-state index in [2.05, 4.69) is 49.1 Å². The summed E-state index contributed by atoms with van der Waals surface area (Å²) in [7, 11) is 1.66. The molecule has 0 amide bonds. The van der Waals surface area contributed by atoms with Gasteiger partial charge in [-0.25, -0.2) is 0 Å². The van der Waals surface area contributed by atoms with E-state index in [1.807, 2.05) is 23.8 Å². The van der Waals surface area contributed by atoms with Crippen molar-refractivity contribution in [2.75, 3.05) is 12.4 Å². The number of nitrogens with one attached hydrogen (secondary N) is 1. The Bertz CT molecular complexity index is 531. The number of hydrogen-bond donors (Lipinski definition) is 1. The molecule has 1 N–H and O–H groups in total. The van der Waals surface area contributed by atoms with Gasteiger partial charge in [-0.3, -0.25) is 4.98 Å². The van der Waals surface area contributed by atoms with E-state index in [-0.39, 0.29) is 6.04 Å². The lowest BCUT2D eigenvalue weighted by Gasteiger charge is -2.16. The molecule has 0 spiro atoms. The molecule has 96 valence electrons. The minimum atomic E-state index is 0.208. The zero-order valence-corrected chi connectivity index (χ0v) is 13.9. The van der Waals surface area contributed by atoms with Gasteiger partial charge in [-0.1, -0.05) is 0 Å². The molecule has 0 bridgehead atoms. The maximum absolute atomic E-state index is 5.30. The van der Waals surface area contributed by atoms with Crippen LogP contribution in [0.15, 0.2) is 32.8 Å². The van der Waals surface area contributed by atoms with Gasteiger partial charge >= 0.3 is 0 Å². The zero-order valence-electron chi connectivity index (χ0n) is 9.91. The Morgan fingerprint density at radius 2 is 2.11 bits per heavy atom. The van der Waals surface area contributed by atoms with E-state index in [1.54, 1.807) is 18.4 Å². The Kier molecular flexibility index (Phi) is 4.64. The number of benzene rings is 1. The minimum Gasteiger partial charge on any atom is -0.495 e. The quantitative estimate of drug-likeness (QED) is 0.808. The highest BCUT2D eigenvalue weighted by Gasteiger charge is 2.11. The lowest BCUT2D eigenvalue weighted by atomic mass is 10.2. The van der Waals surface area contributed by atoms with Gasteiger partial charge in [-0.2, -0.15) is 0 Å². The third-order valence-electron chi connectivity index (χ3n) is 2.49. The molecule has 6 heteroatoms. The first kappa shape index (κ1) is 13.8. The summed E-state index contributed by atoms with van der Waals surface area (Å²) < 4.78 is 7.21. The molecule has 1 unspecified atom stereocenters. The largest absolute Gasteiger partial charge is 0.495 e. The lowest BCUT2D eigenvalue weighted by Crippen LogP contribution is -2.05. The summed E-state index contributed by atoms with van der Waals surface area (Å²) in [6.45, 7) is 2.11. The van der Waals surface area contributed by atoms with Crippen molar-refractivity contribution < 1.29 is 4.74 Å². The summed E-state index contributed by atoms with van der Waals surface area (Å²) in [4.78, 5) is 5.29. The molecule has 1 aromatic heterocycles. The molecule has 0 radical (unpaired) electrons. The minimum absolute atomic E-state index is 0.208. The maximum Gasteiger partial charge on any atom is 0.135 e. The molecule has 18 heavy (non-hydrogen) atoms. The van der Waals surface area contributed by atoms with Crippen LogP contribution in [-0.2, 0) is 0 Å². The molecule has 2 rings (SSSR count). The van der Waals surface area contributed by atoms with E-state index in [0.29, 0.717) is 0 Å². The zero-order chi connectivity index (χ0) is 13.1. The van der Waals surface area contributed by atoms with Crippen LogP contribution in [0.4, 0.5) is 5.69 Å².